The van der Waals surface area contributed by atoms with Crippen molar-refractivity contribution in [1.29, 1.82) is 0 Å². The molecule has 0 aromatic heterocycles. The van der Waals surface area contributed by atoms with Gasteiger partial charge in [0.2, 0.25) is 5.91 Å². The van der Waals surface area contributed by atoms with Gasteiger partial charge in [0.1, 0.15) is 0 Å². The molecule has 0 heterocycles. The van der Waals surface area contributed by atoms with Crippen molar-refractivity contribution < 1.29 is 14.3 Å². The Bertz CT molecular complexity index is 532. The smallest absolute Gasteiger partial charge is 0.221 e. The second-order valence-electron chi connectivity index (χ2n) is 6.80. The lowest BCUT2D eigenvalue weighted by atomic mass is 9.91. The van der Waals surface area contributed by atoms with Gasteiger partial charge in [0.15, 0.2) is 11.5 Å². The Morgan fingerprint density at radius 1 is 1.24 bits per heavy atom. The van der Waals surface area contributed by atoms with Crippen molar-refractivity contribution in [2.24, 2.45) is 5.41 Å². The van der Waals surface area contributed by atoms with E-state index in [1.165, 1.54) is 5.56 Å². The van der Waals surface area contributed by atoms with Crippen LogP contribution in [0, 0.1) is 5.41 Å². The number of aryl methyl sites for hydroxylation is 1. The third-order valence-corrected chi connectivity index (χ3v) is 3.75. The fraction of sp³-hybridized carbons (Fsp3) is 0.588. The molecule has 1 unspecified atom stereocenters. The van der Waals surface area contributed by atoms with Gasteiger partial charge < -0.3 is 14.8 Å². The first-order valence-electron chi connectivity index (χ1n) is 7.38. The molecule has 0 aliphatic heterocycles. The molecule has 4 nitrogen and oxygen atoms in total. The number of carbonyl (C=O) groups excluding carboxylic acids is 1. The summed E-state index contributed by atoms with van der Waals surface area (Å²) in [4.78, 5) is 12.1. The number of hydrogen-bond donors (Lipinski definition) is 1. The first kappa shape index (κ1) is 15.7. The summed E-state index contributed by atoms with van der Waals surface area (Å²) in [6.45, 7) is 6.22. The van der Waals surface area contributed by atoms with Gasteiger partial charge in [0, 0.05) is 6.42 Å². The van der Waals surface area contributed by atoms with Crippen LogP contribution < -0.4 is 14.8 Å². The summed E-state index contributed by atoms with van der Waals surface area (Å²) in [5, 5.41) is 3.15. The van der Waals surface area contributed by atoms with E-state index >= 15 is 0 Å². The van der Waals surface area contributed by atoms with Crippen LogP contribution in [0.5, 0.6) is 11.5 Å². The van der Waals surface area contributed by atoms with Crippen molar-refractivity contribution in [2.75, 3.05) is 14.2 Å². The zero-order chi connectivity index (χ0) is 15.6. The Morgan fingerprint density at radius 2 is 1.86 bits per heavy atom. The lowest BCUT2D eigenvalue weighted by Gasteiger charge is -2.21. The fourth-order valence-electron chi connectivity index (χ4n) is 2.81. The average molecular weight is 291 g/mol. The van der Waals surface area contributed by atoms with Gasteiger partial charge in [0.05, 0.1) is 20.3 Å². The second kappa shape index (κ2) is 5.96. The summed E-state index contributed by atoms with van der Waals surface area (Å²) in [6.07, 6.45) is 2.42. The van der Waals surface area contributed by atoms with Gasteiger partial charge >= 0.3 is 0 Å². The summed E-state index contributed by atoms with van der Waals surface area (Å²) in [5.74, 6) is 1.57. The van der Waals surface area contributed by atoms with Crippen LogP contribution in [0.3, 0.4) is 0 Å². The van der Waals surface area contributed by atoms with Crippen LogP contribution in [0.1, 0.15) is 50.8 Å². The van der Waals surface area contributed by atoms with E-state index in [4.69, 9.17) is 9.47 Å². The number of nitrogens with one attached hydrogen (secondary N) is 1. The van der Waals surface area contributed by atoms with E-state index in [-0.39, 0.29) is 17.4 Å². The molecule has 21 heavy (non-hydrogen) atoms. The summed E-state index contributed by atoms with van der Waals surface area (Å²) < 4.78 is 10.7. The van der Waals surface area contributed by atoms with Crippen LogP contribution in [0.4, 0.5) is 0 Å². The van der Waals surface area contributed by atoms with Crippen LogP contribution >= 0.6 is 0 Å². The molecule has 0 fully saturated rings. The van der Waals surface area contributed by atoms with E-state index in [9.17, 15) is 4.79 Å². The van der Waals surface area contributed by atoms with E-state index < -0.39 is 0 Å². The molecule has 0 radical (unpaired) electrons. The highest BCUT2D eigenvalue weighted by Crippen LogP contribution is 2.39. The largest absolute Gasteiger partial charge is 0.493 e. The predicted molar refractivity (Wildman–Crippen MR) is 82.8 cm³/mol. The predicted octanol–water partition coefficient (Wildman–Crippen LogP) is 3.24. The van der Waals surface area contributed by atoms with Crippen molar-refractivity contribution in [3.63, 3.8) is 0 Å². The highest BCUT2D eigenvalue weighted by Gasteiger charge is 2.27. The van der Waals surface area contributed by atoms with Gasteiger partial charge in [-0.1, -0.05) is 20.8 Å². The summed E-state index contributed by atoms with van der Waals surface area (Å²) >= 11 is 0. The Balaban J connectivity index is 2.16. The molecular weight excluding hydrogens is 266 g/mol. The molecule has 2 rings (SSSR count). The normalized spacial score (nSPS) is 17.3. The van der Waals surface area contributed by atoms with Gasteiger partial charge in [-0.05, 0) is 41.5 Å². The number of benzene rings is 1. The average Bonchev–Trinajstić information content (AvgIpc) is 2.77. The van der Waals surface area contributed by atoms with Gasteiger partial charge in [-0.25, -0.2) is 0 Å². The zero-order valence-electron chi connectivity index (χ0n) is 13.6. The Hall–Kier alpha value is -1.71. The topological polar surface area (TPSA) is 47.6 Å². The highest BCUT2D eigenvalue weighted by atomic mass is 16.5. The van der Waals surface area contributed by atoms with Crippen molar-refractivity contribution in [3.05, 3.63) is 23.3 Å². The van der Waals surface area contributed by atoms with Crippen LogP contribution in [-0.2, 0) is 11.2 Å². The van der Waals surface area contributed by atoms with Gasteiger partial charge in [-0.15, -0.1) is 0 Å². The molecule has 0 bridgehead atoms. The van der Waals surface area contributed by atoms with Crippen LogP contribution in [0.2, 0.25) is 0 Å². The van der Waals surface area contributed by atoms with Crippen LogP contribution in [0.15, 0.2) is 12.1 Å². The minimum Gasteiger partial charge on any atom is -0.493 e. The standard InChI is InChI=1S/C17H25NO3/c1-17(2,3)10-16(19)18-13-7-6-11-8-14(20-4)15(21-5)9-12(11)13/h8-9,13H,6-7,10H2,1-5H3,(H,18,19). The molecule has 1 aromatic rings. The van der Waals surface area contributed by atoms with Crippen molar-refractivity contribution >= 4 is 5.91 Å². The molecule has 1 amide bonds. The second-order valence-corrected chi connectivity index (χ2v) is 6.80. The first-order valence-corrected chi connectivity index (χ1v) is 7.38. The molecular formula is C17H25NO3. The summed E-state index contributed by atoms with van der Waals surface area (Å²) in [7, 11) is 3.27. The number of fused-ring (bicyclic) bond motifs is 1. The molecule has 1 aromatic carbocycles. The van der Waals surface area contributed by atoms with Crippen LogP contribution in [-0.4, -0.2) is 20.1 Å². The number of hydrogen-bond acceptors (Lipinski definition) is 3. The van der Waals surface area contributed by atoms with Gasteiger partial charge in [-0.2, -0.15) is 0 Å². The monoisotopic (exact) mass is 291 g/mol. The molecule has 1 N–H and O–H groups in total. The van der Waals surface area contributed by atoms with Crippen molar-refractivity contribution in [2.45, 2.75) is 46.1 Å². The van der Waals surface area contributed by atoms with Gasteiger partial charge in [-0.3, -0.25) is 4.79 Å². The molecule has 1 atom stereocenters. The third kappa shape index (κ3) is 3.69. The van der Waals surface area contributed by atoms with Crippen LogP contribution in [0.25, 0.3) is 0 Å². The fourth-order valence-corrected chi connectivity index (χ4v) is 2.81. The molecule has 4 heteroatoms. The Morgan fingerprint density at radius 3 is 2.43 bits per heavy atom. The van der Waals surface area contributed by atoms with E-state index in [0.717, 1.165) is 24.2 Å². The maximum absolute atomic E-state index is 12.1. The minimum atomic E-state index is 0.00309. The molecule has 1 aliphatic carbocycles. The maximum atomic E-state index is 12.1. The molecule has 0 saturated heterocycles. The van der Waals surface area contributed by atoms with Crippen molar-refractivity contribution in [1.82, 2.24) is 5.32 Å². The van der Waals surface area contributed by atoms with E-state index in [1.54, 1.807) is 14.2 Å². The number of amides is 1. The Kier molecular flexibility index (Phi) is 4.45. The van der Waals surface area contributed by atoms with E-state index in [2.05, 4.69) is 26.1 Å². The summed E-state index contributed by atoms with van der Waals surface area (Å²) in [5.41, 5.74) is 2.38. The minimum absolute atomic E-state index is 0.00309. The Labute approximate surface area is 126 Å². The number of carbonyl (C=O) groups is 1. The van der Waals surface area contributed by atoms with E-state index in [1.807, 2.05) is 12.1 Å². The lowest BCUT2D eigenvalue weighted by molar-refractivity contribution is -0.123. The van der Waals surface area contributed by atoms with E-state index in [0.29, 0.717) is 12.2 Å². The lowest BCUT2D eigenvalue weighted by Crippen LogP contribution is -2.30. The summed E-state index contributed by atoms with van der Waals surface area (Å²) in [6, 6.07) is 4.09. The number of methoxy groups -OCH3 is 2. The van der Waals surface area contributed by atoms with Crippen molar-refractivity contribution in [3.8, 4) is 11.5 Å². The highest BCUT2D eigenvalue weighted by molar-refractivity contribution is 5.77. The first-order chi connectivity index (χ1) is 9.84. The molecule has 1 aliphatic rings. The number of rotatable bonds is 4. The maximum Gasteiger partial charge on any atom is 0.221 e. The quantitative estimate of drug-likeness (QED) is 0.926. The molecule has 0 spiro atoms. The SMILES string of the molecule is COc1cc2c(cc1OC)C(NC(=O)CC(C)(C)C)CC2. The third-order valence-electron chi connectivity index (χ3n) is 3.75. The molecule has 0 saturated carbocycles. The molecule has 116 valence electrons. The van der Waals surface area contributed by atoms with Gasteiger partial charge in [0.25, 0.3) is 0 Å². The zero-order valence-corrected chi connectivity index (χ0v) is 13.6. The number of ether oxygens (including phenoxy) is 2.